The number of hydrogen-bond acceptors (Lipinski definition) is 4. The number of amides is 1. The summed E-state index contributed by atoms with van der Waals surface area (Å²) in [7, 11) is -3.41. The first-order chi connectivity index (χ1) is 10.4. The van der Waals surface area contributed by atoms with Crippen molar-refractivity contribution in [2.75, 3.05) is 13.1 Å². The van der Waals surface area contributed by atoms with Crippen LogP contribution in [0.5, 0.6) is 0 Å². The summed E-state index contributed by atoms with van der Waals surface area (Å²) in [6.07, 6.45) is 6.40. The molecular formula is C16H31ClN2O3S. The van der Waals surface area contributed by atoms with E-state index in [4.69, 9.17) is 0 Å². The van der Waals surface area contributed by atoms with Crippen molar-refractivity contribution in [1.82, 2.24) is 10.6 Å². The van der Waals surface area contributed by atoms with Gasteiger partial charge in [-0.1, -0.05) is 33.1 Å². The molecule has 1 amide bonds. The lowest BCUT2D eigenvalue weighted by atomic mass is 10.0. The van der Waals surface area contributed by atoms with Crippen LogP contribution in [0.4, 0.5) is 0 Å². The molecule has 1 heterocycles. The molecule has 1 unspecified atom stereocenters. The highest BCUT2D eigenvalue weighted by Crippen LogP contribution is 2.29. The summed E-state index contributed by atoms with van der Waals surface area (Å²) in [5.74, 6) is -0.488. The first-order valence-corrected chi connectivity index (χ1v) is 10.3. The zero-order valence-corrected chi connectivity index (χ0v) is 15.8. The van der Waals surface area contributed by atoms with Crippen molar-refractivity contribution in [3.63, 3.8) is 0 Å². The smallest absolute Gasteiger partial charge is 0.238 e. The van der Waals surface area contributed by atoms with Crippen LogP contribution in [0.2, 0.25) is 0 Å². The van der Waals surface area contributed by atoms with Crippen LogP contribution in [0, 0.1) is 5.92 Å². The molecule has 0 radical (unpaired) electrons. The summed E-state index contributed by atoms with van der Waals surface area (Å²) in [5, 5.41) is 4.98. The number of nitrogens with one attached hydrogen (secondary N) is 2. The second-order valence-corrected chi connectivity index (χ2v) is 9.42. The van der Waals surface area contributed by atoms with Gasteiger partial charge in [0.15, 0.2) is 9.84 Å². The fraction of sp³-hybridized carbons (Fsp3) is 0.938. The molecule has 2 rings (SSSR count). The summed E-state index contributed by atoms with van der Waals surface area (Å²) >= 11 is 0. The molecule has 0 aromatic heterocycles. The SMILES string of the molecule is CC(C)C(C(=O)N[C@H]1CCCNC1)S(=O)(=O)C1CCCCC1.Cl. The minimum atomic E-state index is -3.41. The van der Waals surface area contributed by atoms with Gasteiger partial charge >= 0.3 is 0 Å². The molecule has 1 aliphatic heterocycles. The van der Waals surface area contributed by atoms with Crippen LogP contribution >= 0.6 is 12.4 Å². The zero-order chi connectivity index (χ0) is 16.2. The third kappa shape index (κ3) is 5.33. The molecule has 2 fully saturated rings. The Morgan fingerprint density at radius 3 is 2.26 bits per heavy atom. The molecule has 1 aliphatic carbocycles. The first kappa shape index (κ1) is 20.7. The van der Waals surface area contributed by atoms with Crippen LogP contribution in [-0.4, -0.2) is 44.0 Å². The van der Waals surface area contributed by atoms with Crippen molar-refractivity contribution in [3.8, 4) is 0 Å². The Bertz CT molecular complexity index is 470. The molecule has 136 valence electrons. The van der Waals surface area contributed by atoms with Gasteiger partial charge in [-0.25, -0.2) is 8.42 Å². The average molecular weight is 367 g/mol. The van der Waals surface area contributed by atoms with E-state index in [9.17, 15) is 13.2 Å². The summed E-state index contributed by atoms with van der Waals surface area (Å²) in [6.45, 7) is 5.38. The summed E-state index contributed by atoms with van der Waals surface area (Å²) in [6, 6.07) is 0.0593. The number of hydrogen-bond donors (Lipinski definition) is 2. The van der Waals surface area contributed by atoms with Crippen molar-refractivity contribution >= 4 is 28.2 Å². The number of rotatable bonds is 5. The van der Waals surface area contributed by atoms with E-state index in [1.54, 1.807) is 0 Å². The second kappa shape index (κ2) is 9.23. The van der Waals surface area contributed by atoms with Gasteiger partial charge in [0.1, 0.15) is 5.25 Å². The van der Waals surface area contributed by atoms with E-state index in [-0.39, 0.29) is 35.5 Å². The van der Waals surface area contributed by atoms with Gasteiger partial charge in [0.2, 0.25) is 5.91 Å². The molecule has 0 aromatic carbocycles. The van der Waals surface area contributed by atoms with Crippen molar-refractivity contribution in [2.24, 2.45) is 5.92 Å². The highest BCUT2D eigenvalue weighted by atomic mass is 35.5. The molecule has 2 aliphatic rings. The molecule has 2 atom stereocenters. The largest absolute Gasteiger partial charge is 0.351 e. The van der Waals surface area contributed by atoms with Gasteiger partial charge in [-0.15, -0.1) is 12.4 Å². The first-order valence-electron chi connectivity index (χ1n) is 8.66. The fourth-order valence-electron chi connectivity index (χ4n) is 3.69. The summed E-state index contributed by atoms with van der Waals surface area (Å²) in [5.41, 5.74) is 0. The van der Waals surface area contributed by atoms with Crippen molar-refractivity contribution < 1.29 is 13.2 Å². The monoisotopic (exact) mass is 366 g/mol. The van der Waals surface area contributed by atoms with Crippen LogP contribution in [-0.2, 0) is 14.6 Å². The Kier molecular flexibility index (Phi) is 8.31. The third-order valence-corrected chi connectivity index (χ3v) is 7.74. The zero-order valence-electron chi connectivity index (χ0n) is 14.2. The lowest BCUT2D eigenvalue weighted by Gasteiger charge is -2.31. The Labute approximate surface area is 146 Å². The van der Waals surface area contributed by atoms with Gasteiger partial charge in [0, 0.05) is 12.6 Å². The van der Waals surface area contributed by atoms with Gasteiger partial charge in [-0.2, -0.15) is 0 Å². The molecule has 5 nitrogen and oxygen atoms in total. The number of carbonyl (C=O) groups excluding carboxylic acids is 1. The second-order valence-electron chi connectivity index (χ2n) is 7.07. The molecule has 0 aromatic rings. The maximum Gasteiger partial charge on any atom is 0.238 e. The number of halogens is 1. The van der Waals surface area contributed by atoms with Gasteiger partial charge in [0.05, 0.1) is 5.25 Å². The van der Waals surface area contributed by atoms with E-state index in [2.05, 4.69) is 10.6 Å². The van der Waals surface area contributed by atoms with Gasteiger partial charge in [-0.05, 0) is 38.1 Å². The molecule has 2 N–H and O–H groups in total. The van der Waals surface area contributed by atoms with Crippen molar-refractivity contribution in [1.29, 1.82) is 0 Å². The van der Waals surface area contributed by atoms with Crippen LogP contribution in [0.1, 0.15) is 58.8 Å². The third-order valence-electron chi connectivity index (χ3n) is 4.88. The molecule has 7 heteroatoms. The standard InChI is InChI=1S/C16H30N2O3S.ClH/c1-12(2)15(16(19)18-13-7-6-10-17-11-13)22(20,21)14-8-4-3-5-9-14;/h12-15,17H,3-11H2,1-2H3,(H,18,19);1H/t13-,15?;/m0./s1. The topological polar surface area (TPSA) is 75.3 Å². The molecule has 1 saturated carbocycles. The lowest BCUT2D eigenvalue weighted by molar-refractivity contribution is -0.122. The van der Waals surface area contributed by atoms with Crippen molar-refractivity contribution in [3.05, 3.63) is 0 Å². The van der Waals surface area contributed by atoms with E-state index in [0.29, 0.717) is 12.8 Å². The van der Waals surface area contributed by atoms with E-state index >= 15 is 0 Å². The van der Waals surface area contributed by atoms with E-state index in [1.165, 1.54) is 0 Å². The molecule has 0 bridgehead atoms. The molecule has 23 heavy (non-hydrogen) atoms. The maximum atomic E-state index is 12.9. The Balaban J connectivity index is 0.00000264. The number of sulfone groups is 1. The van der Waals surface area contributed by atoms with Crippen LogP contribution < -0.4 is 10.6 Å². The Hall–Kier alpha value is -0.330. The Morgan fingerprint density at radius 1 is 1.09 bits per heavy atom. The van der Waals surface area contributed by atoms with E-state index in [0.717, 1.165) is 45.2 Å². The molecular weight excluding hydrogens is 336 g/mol. The van der Waals surface area contributed by atoms with Crippen molar-refractivity contribution in [2.45, 2.75) is 75.3 Å². The Morgan fingerprint density at radius 2 is 1.74 bits per heavy atom. The van der Waals surface area contributed by atoms with Gasteiger partial charge in [0.25, 0.3) is 0 Å². The number of carbonyl (C=O) groups is 1. The minimum Gasteiger partial charge on any atom is -0.351 e. The van der Waals surface area contributed by atoms with Gasteiger partial charge < -0.3 is 10.6 Å². The van der Waals surface area contributed by atoms with Crippen LogP contribution in [0.3, 0.4) is 0 Å². The van der Waals surface area contributed by atoms with Crippen LogP contribution in [0.25, 0.3) is 0 Å². The lowest BCUT2D eigenvalue weighted by Crippen LogP contribution is -2.53. The predicted octanol–water partition coefficient (Wildman–Crippen LogP) is 2.05. The highest BCUT2D eigenvalue weighted by Gasteiger charge is 2.41. The van der Waals surface area contributed by atoms with E-state index in [1.807, 2.05) is 13.8 Å². The quantitative estimate of drug-likeness (QED) is 0.780. The predicted molar refractivity (Wildman–Crippen MR) is 95.7 cm³/mol. The van der Waals surface area contributed by atoms with E-state index < -0.39 is 15.1 Å². The average Bonchev–Trinajstić information content (AvgIpc) is 2.48. The fourth-order valence-corrected chi connectivity index (χ4v) is 6.22. The molecule has 0 spiro atoms. The van der Waals surface area contributed by atoms with Crippen LogP contribution in [0.15, 0.2) is 0 Å². The summed E-state index contributed by atoms with van der Waals surface area (Å²) in [4.78, 5) is 12.6. The normalized spacial score (nSPS) is 24.7. The molecule has 1 saturated heterocycles. The highest BCUT2D eigenvalue weighted by molar-refractivity contribution is 7.93. The van der Waals surface area contributed by atoms with Gasteiger partial charge in [-0.3, -0.25) is 4.79 Å². The number of piperidine rings is 1. The minimum absolute atomic E-state index is 0. The summed E-state index contributed by atoms with van der Waals surface area (Å²) < 4.78 is 25.9. The maximum absolute atomic E-state index is 12.9.